The van der Waals surface area contributed by atoms with Crippen molar-refractivity contribution in [2.45, 2.75) is 50.6 Å². The summed E-state index contributed by atoms with van der Waals surface area (Å²) in [4.78, 5) is 41.9. The van der Waals surface area contributed by atoms with Crippen LogP contribution in [0, 0.1) is 0 Å². The number of ketones is 1. The second-order valence-corrected chi connectivity index (χ2v) is 8.53. The van der Waals surface area contributed by atoms with Crippen LogP contribution in [0.1, 0.15) is 50.5 Å². The summed E-state index contributed by atoms with van der Waals surface area (Å²) in [6, 6.07) is 14.0. The third kappa shape index (κ3) is 4.62. The fourth-order valence-electron chi connectivity index (χ4n) is 3.02. The molecule has 3 rings (SSSR count). The molecule has 0 aliphatic rings. The fourth-order valence-corrected chi connectivity index (χ4v) is 4.03. The summed E-state index contributed by atoms with van der Waals surface area (Å²) >= 11 is 1.26. The van der Waals surface area contributed by atoms with Gasteiger partial charge < -0.3 is 5.32 Å². The largest absolute Gasteiger partial charge is 0.325 e. The molecule has 0 aliphatic carbocycles. The van der Waals surface area contributed by atoms with E-state index in [2.05, 4.69) is 10.3 Å². The third-order valence-electron chi connectivity index (χ3n) is 5.02. The lowest BCUT2D eigenvalue weighted by atomic mass is 10.1. The van der Waals surface area contributed by atoms with Gasteiger partial charge in [-0.1, -0.05) is 30.8 Å². The summed E-state index contributed by atoms with van der Waals surface area (Å²) in [6.45, 7) is 7.27. The molecular weight excluding hydrogens is 398 g/mol. The number of Topliss-reactive ketones (excluding diaryl/α,β-unsaturated/α-hetero) is 1. The van der Waals surface area contributed by atoms with Crippen molar-refractivity contribution in [2.75, 3.05) is 5.32 Å². The molecule has 7 heteroatoms. The number of rotatable bonds is 7. The van der Waals surface area contributed by atoms with Crippen LogP contribution in [0.5, 0.6) is 0 Å². The molecule has 2 aromatic carbocycles. The van der Waals surface area contributed by atoms with Crippen LogP contribution >= 0.6 is 11.8 Å². The maximum Gasteiger partial charge on any atom is 0.262 e. The zero-order valence-electron chi connectivity index (χ0n) is 17.5. The van der Waals surface area contributed by atoms with Crippen LogP contribution in [0.25, 0.3) is 10.9 Å². The Balaban J connectivity index is 1.86. The van der Waals surface area contributed by atoms with Gasteiger partial charge in [-0.15, -0.1) is 0 Å². The second kappa shape index (κ2) is 9.26. The monoisotopic (exact) mass is 423 g/mol. The van der Waals surface area contributed by atoms with Crippen molar-refractivity contribution in [2.24, 2.45) is 0 Å². The molecule has 0 unspecified atom stereocenters. The molecule has 1 heterocycles. The zero-order valence-corrected chi connectivity index (χ0v) is 18.3. The van der Waals surface area contributed by atoms with Crippen molar-refractivity contribution in [3.63, 3.8) is 0 Å². The van der Waals surface area contributed by atoms with Crippen molar-refractivity contribution < 1.29 is 9.59 Å². The molecule has 0 radical (unpaired) electrons. The van der Waals surface area contributed by atoms with E-state index >= 15 is 0 Å². The minimum absolute atomic E-state index is 0.0257. The van der Waals surface area contributed by atoms with E-state index < -0.39 is 5.25 Å². The summed E-state index contributed by atoms with van der Waals surface area (Å²) in [5.74, 6) is -0.226. The first-order valence-electron chi connectivity index (χ1n) is 9.91. The highest BCUT2D eigenvalue weighted by atomic mass is 32.2. The van der Waals surface area contributed by atoms with Crippen molar-refractivity contribution in [1.82, 2.24) is 9.55 Å². The Bertz CT molecular complexity index is 1140. The van der Waals surface area contributed by atoms with Crippen molar-refractivity contribution in [3.05, 3.63) is 64.4 Å². The van der Waals surface area contributed by atoms with Crippen LogP contribution in [0.4, 0.5) is 5.69 Å². The number of hydrogen-bond donors (Lipinski definition) is 1. The highest BCUT2D eigenvalue weighted by Crippen LogP contribution is 2.26. The second-order valence-electron chi connectivity index (χ2n) is 7.23. The van der Waals surface area contributed by atoms with Crippen molar-refractivity contribution >= 4 is 40.0 Å². The molecule has 0 spiro atoms. The van der Waals surface area contributed by atoms with Crippen LogP contribution in [0.2, 0.25) is 0 Å². The molecule has 1 amide bonds. The Morgan fingerprint density at radius 2 is 1.77 bits per heavy atom. The van der Waals surface area contributed by atoms with Crippen LogP contribution in [-0.4, -0.2) is 26.5 Å². The average molecular weight is 424 g/mol. The van der Waals surface area contributed by atoms with Gasteiger partial charge in [-0.2, -0.15) is 0 Å². The number of hydrogen-bond acceptors (Lipinski definition) is 5. The lowest BCUT2D eigenvalue weighted by Gasteiger charge is -2.20. The van der Waals surface area contributed by atoms with Gasteiger partial charge in [0.2, 0.25) is 5.91 Å². The Morgan fingerprint density at radius 3 is 2.40 bits per heavy atom. The number of nitrogens with one attached hydrogen (secondary N) is 1. The van der Waals surface area contributed by atoms with E-state index in [0.717, 1.165) is 6.42 Å². The minimum Gasteiger partial charge on any atom is -0.325 e. The molecule has 0 saturated heterocycles. The highest BCUT2D eigenvalue weighted by Gasteiger charge is 2.21. The summed E-state index contributed by atoms with van der Waals surface area (Å²) in [6.07, 6.45) is 0.774. The number of aromatic nitrogens is 2. The topological polar surface area (TPSA) is 81.1 Å². The number of amides is 1. The lowest BCUT2D eigenvalue weighted by molar-refractivity contribution is -0.115. The molecule has 3 aromatic rings. The Hall–Kier alpha value is -2.93. The molecule has 1 aromatic heterocycles. The number of benzene rings is 2. The highest BCUT2D eigenvalue weighted by molar-refractivity contribution is 8.00. The quantitative estimate of drug-likeness (QED) is 0.339. The molecule has 30 heavy (non-hydrogen) atoms. The molecule has 2 atom stereocenters. The maximum atomic E-state index is 13.1. The predicted octanol–water partition coefficient (Wildman–Crippen LogP) is 4.69. The van der Waals surface area contributed by atoms with Crippen LogP contribution in [-0.2, 0) is 4.79 Å². The number of fused-ring (bicyclic) bond motifs is 1. The van der Waals surface area contributed by atoms with Gasteiger partial charge in [0.25, 0.3) is 5.56 Å². The van der Waals surface area contributed by atoms with Gasteiger partial charge >= 0.3 is 0 Å². The maximum absolute atomic E-state index is 13.1. The van der Waals surface area contributed by atoms with Crippen molar-refractivity contribution in [1.29, 1.82) is 0 Å². The molecule has 1 N–H and O–H groups in total. The van der Waals surface area contributed by atoms with Crippen molar-refractivity contribution in [3.8, 4) is 0 Å². The normalized spacial score (nSPS) is 13.1. The predicted molar refractivity (Wildman–Crippen MR) is 121 cm³/mol. The van der Waals surface area contributed by atoms with Crippen LogP contribution in [0.3, 0.4) is 0 Å². The molecule has 0 fully saturated rings. The van der Waals surface area contributed by atoms with Crippen LogP contribution in [0.15, 0.2) is 58.5 Å². The third-order valence-corrected chi connectivity index (χ3v) is 6.08. The van der Waals surface area contributed by atoms with Crippen LogP contribution < -0.4 is 10.9 Å². The first kappa shape index (κ1) is 21.8. The van der Waals surface area contributed by atoms with E-state index in [1.807, 2.05) is 32.0 Å². The van der Waals surface area contributed by atoms with Gasteiger partial charge in [0.15, 0.2) is 10.9 Å². The standard InChI is InChI=1S/C23H25N3O3S/c1-5-14(2)26-22(29)19-8-6-7-9-20(19)25-23(26)30-16(4)21(28)24-18-12-10-17(11-13-18)15(3)27/h6-14,16H,5H2,1-4H3,(H,24,28)/t14-,16+/m0/s1. The van der Waals surface area contributed by atoms with E-state index in [4.69, 9.17) is 0 Å². The van der Waals surface area contributed by atoms with Gasteiger partial charge in [0.1, 0.15) is 0 Å². The molecular formula is C23H25N3O3S. The molecule has 156 valence electrons. The first-order chi connectivity index (χ1) is 14.3. The average Bonchev–Trinajstić information content (AvgIpc) is 2.73. The van der Waals surface area contributed by atoms with E-state index in [1.54, 1.807) is 41.8 Å². The fraction of sp³-hybridized carbons (Fsp3) is 0.304. The number of thioether (sulfide) groups is 1. The summed E-state index contributed by atoms with van der Waals surface area (Å²) < 4.78 is 1.68. The van der Waals surface area contributed by atoms with Gasteiger partial charge in [-0.05, 0) is 63.6 Å². The summed E-state index contributed by atoms with van der Waals surface area (Å²) in [5, 5.41) is 3.49. The number of nitrogens with zero attached hydrogens (tertiary/aromatic N) is 2. The van der Waals surface area contributed by atoms with E-state index in [-0.39, 0.29) is 23.3 Å². The molecule has 0 aliphatic heterocycles. The number of anilines is 1. The van der Waals surface area contributed by atoms with Gasteiger partial charge in [-0.25, -0.2) is 4.98 Å². The molecule has 6 nitrogen and oxygen atoms in total. The number of para-hydroxylation sites is 1. The minimum atomic E-state index is -0.471. The Labute approximate surface area is 179 Å². The lowest BCUT2D eigenvalue weighted by Crippen LogP contribution is -2.28. The van der Waals surface area contributed by atoms with Gasteiger partial charge in [0.05, 0.1) is 16.2 Å². The van der Waals surface area contributed by atoms with E-state index in [0.29, 0.717) is 27.3 Å². The smallest absolute Gasteiger partial charge is 0.262 e. The Morgan fingerprint density at radius 1 is 1.10 bits per heavy atom. The number of carbonyl (C=O) groups excluding carboxylic acids is 2. The number of carbonyl (C=O) groups is 2. The van der Waals surface area contributed by atoms with E-state index in [9.17, 15) is 14.4 Å². The SMILES string of the molecule is CC[C@H](C)n1c(S[C@H](C)C(=O)Nc2ccc(C(C)=O)cc2)nc2ccccc2c1=O. The Kier molecular flexibility index (Phi) is 6.72. The molecule has 0 saturated carbocycles. The molecule has 0 bridgehead atoms. The summed E-state index contributed by atoms with van der Waals surface area (Å²) in [5.41, 5.74) is 1.73. The van der Waals surface area contributed by atoms with Gasteiger partial charge in [0, 0.05) is 17.3 Å². The van der Waals surface area contributed by atoms with Gasteiger partial charge in [-0.3, -0.25) is 19.0 Å². The summed E-state index contributed by atoms with van der Waals surface area (Å²) in [7, 11) is 0. The first-order valence-corrected chi connectivity index (χ1v) is 10.8. The zero-order chi connectivity index (χ0) is 21.8. The van der Waals surface area contributed by atoms with E-state index in [1.165, 1.54) is 18.7 Å².